The van der Waals surface area contributed by atoms with E-state index in [-0.39, 0.29) is 17.7 Å². The Hall–Kier alpha value is -1.26. The van der Waals surface area contributed by atoms with Crippen LogP contribution in [0.25, 0.3) is 0 Å². The van der Waals surface area contributed by atoms with Crippen LogP contribution in [0.1, 0.15) is 40.0 Å². The predicted molar refractivity (Wildman–Crippen MR) is 64.4 cm³/mol. The molecule has 1 amide bonds. The summed E-state index contributed by atoms with van der Waals surface area (Å²) in [7, 11) is 0. The van der Waals surface area contributed by atoms with Crippen molar-refractivity contribution in [2.75, 3.05) is 13.1 Å². The number of rotatable bonds is 7. The van der Waals surface area contributed by atoms with Crippen LogP contribution in [0, 0.1) is 5.92 Å². The van der Waals surface area contributed by atoms with Gasteiger partial charge < -0.3 is 15.8 Å². The van der Waals surface area contributed by atoms with E-state index in [9.17, 15) is 4.79 Å². The number of hydrogen-bond acceptors (Lipinski definition) is 3. The van der Waals surface area contributed by atoms with Gasteiger partial charge in [-0.15, -0.1) is 0 Å². The van der Waals surface area contributed by atoms with E-state index in [0.29, 0.717) is 19.5 Å². The zero-order valence-corrected chi connectivity index (χ0v) is 10.4. The Kier molecular flexibility index (Phi) is 7.33. The number of amides is 1. The lowest BCUT2D eigenvalue weighted by Gasteiger charge is -2.24. The molecule has 0 bridgehead atoms. The van der Waals surface area contributed by atoms with Gasteiger partial charge in [-0.1, -0.05) is 25.4 Å². The van der Waals surface area contributed by atoms with E-state index < -0.39 is 0 Å². The predicted octanol–water partition coefficient (Wildman–Crippen LogP) is 1.41. The van der Waals surface area contributed by atoms with Crippen LogP contribution in [-0.2, 0) is 4.79 Å². The molecule has 0 spiro atoms. The summed E-state index contributed by atoms with van der Waals surface area (Å²) < 4.78 is 0. The van der Waals surface area contributed by atoms with Gasteiger partial charge in [0.05, 0.1) is 0 Å². The van der Waals surface area contributed by atoms with E-state index in [1.807, 2.05) is 13.8 Å². The van der Waals surface area contributed by atoms with Gasteiger partial charge in [-0.3, -0.25) is 4.79 Å². The Balaban J connectivity index is 4.21. The molecule has 0 saturated heterocycles. The molecule has 3 N–H and O–H groups in total. The molecule has 0 radical (unpaired) electrons. The molecule has 0 aliphatic rings. The van der Waals surface area contributed by atoms with Crippen molar-refractivity contribution in [3.8, 4) is 0 Å². The second kappa shape index (κ2) is 7.96. The van der Waals surface area contributed by atoms with Gasteiger partial charge in [0.2, 0.25) is 5.91 Å². The molecule has 0 heterocycles. The Labute approximate surface area is 97.3 Å². The molecule has 1 unspecified atom stereocenters. The Bertz CT molecular complexity index is 241. The van der Waals surface area contributed by atoms with E-state index in [4.69, 9.17) is 10.9 Å². The van der Waals surface area contributed by atoms with Crippen molar-refractivity contribution >= 4 is 11.7 Å². The van der Waals surface area contributed by atoms with Crippen LogP contribution in [-0.4, -0.2) is 34.9 Å². The van der Waals surface area contributed by atoms with Gasteiger partial charge in [-0.2, -0.15) is 0 Å². The Morgan fingerprint density at radius 3 is 2.56 bits per heavy atom. The molecule has 0 aromatic heterocycles. The molecule has 0 aromatic rings. The summed E-state index contributed by atoms with van der Waals surface area (Å²) in [6.45, 7) is 7.11. The number of nitrogens with two attached hydrogens (primary N) is 1. The van der Waals surface area contributed by atoms with E-state index in [2.05, 4.69) is 12.1 Å². The van der Waals surface area contributed by atoms with Crippen molar-refractivity contribution in [3.63, 3.8) is 0 Å². The minimum atomic E-state index is 0.0530. The van der Waals surface area contributed by atoms with Crippen LogP contribution in [0.15, 0.2) is 5.16 Å². The molecule has 16 heavy (non-hydrogen) atoms. The maximum atomic E-state index is 11.9. The summed E-state index contributed by atoms with van der Waals surface area (Å²) in [4.78, 5) is 13.7. The maximum absolute atomic E-state index is 11.9. The molecule has 5 heteroatoms. The average Bonchev–Trinajstić information content (AvgIpc) is 2.29. The summed E-state index contributed by atoms with van der Waals surface area (Å²) >= 11 is 0. The lowest BCUT2D eigenvalue weighted by Crippen LogP contribution is -2.37. The zero-order valence-electron chi connectivity index (χ0n) is 10.4. The second-order valence-electron chi connectivity index (χ2n) is 3.95. The average molecular weight is 229 g/mol. The number of nitrogens with zero attached hydrogens (tertiary/aromatic N) is 2. The summed E-state index contributed by atoms with van der Waals surface area (Å²) in [5.74, 6) is 0.363. The van der Waals surface area contributed by atoms with Gasteiger partial charge >= 0.3 is 0 Å². The van der Waals surface area contributed by atoms with Crippen LogP contribution in [0.4, 0.5) is 0 Å². The normalized spacial score (nSPS) is 13.6. The molecule has 0 saturated carbocycles. The third kappa shape index (κ3) is 5.00. The third-order valence-corrected chi connectivity index (χ3v) is 2.60. The smallest absolute Gasteiger partial charge is 0.225 e. The van der Waals surface area contributed by atoms with Crippen LogP contribution >= 0.6 is 0 Å². The largest absolute Gasteiger partial charge is 0.409 e. The summed E-state index contributed by atoms with van der Waals surface area (Å²) in [5.41, 5.74) is 5.37. The highest BCUT2D eigenvalue weighted by Gasteiger charge is 2.18. The van der Waals surface area contributed by atoms with Crippen LogP contribution in [0.5, 0.6) is 0 Å². The topological polar surface area (TPSA) is 78.9 Å². The molecule has 0 aliphatic carbocycles. The molecule has 1 atom stereocenters. The minimum Gasteiger partial charge on any atom is -0.409 e. The quantitative estimate of drug-likeness (QED) is 0.300. The molecule has 94 valence electrons. The second-order valence-corrected chi connectivity index (χ2v) is 3.95. The highest BCUT2D eigenvalue weighted by atomic mass is 16.4. The SMILES string of the molecule is CCCC(C)C(=O)N(CC)CCC(N)=NO. The number of carbonyl (C=O) groups excluding carboxylic acids is 1. The van der Waals surface area contributed by atoms with Crippen molar-refractivity contribution < 1.29 is 10.0 Å². The molecule has 0 fully saturated rings. The van der Waals surface area contributed by atoms with Crippen molar-refractivity contribution in [3.05, 3.63) is 0 Å². The van der Waals surface area contributed by atoms with Crippen LogP contribution in [0.2, 0.25) is 0 Å². The van der Waals surface area contributed by atoms with Crippen molar-refractivity contribution in [2.45, 2.75) is 40.0 Å². The molecule has 5 nitrogen and oxygen atoms in total. The fraction of sp³-hybridized carbons (Fsp3) is 0.818. The maximum Gasteiger partial charge on any atom is 0.225 e. The zero-order chi connectivity index (χ0) is 12.6. The Morgan fingerprint density at radius 2 is 2.12 bits per heavy atom. The van der Waals surface area contributed by atoms with Gasteiger partial charge in [0.15, 0.2) is 0 Å². The van der Waals surface area contributed by atoms with Crippen LogP contribution < -0.4 is 5.73 Å². The first-order valence-corrected chi connectivity index (χ1v) is 5.81. The van der Waals surface area contributed by atoms with Crippen molar-refractivity contribution in [1.29, 1.82) is 0 Å². The number of oxime groups is 1. The molecule has 0 aliphatic heterocycles. The number of hydrogen-bond donors (Lipinski definition) is 2. The van der Waals surface area contributed by atoms with Gasteiger partial charge in [0, 0.05) is 25.4 Å². The lowest BCUT2D eigenvalue weighted by atomic mass is 10.0. The first kappa shape index (κ1) is 14.7. The molecule has 0 rings (SSSR count). The number of amidine groups is 1. The minimum absolute atomic E-state index is 0.0530. The third-order valence-electron chi connectivity index (χ3n) is 2.60. The van der Waals surface area contributed by atoms with E-state index in [1.165, 1.54) is 0 Å². The van der Waals surface area contributed by atoms with E-state index in [1.54, 1.807) is 4.90 Å². The lowest BCUT2D eigenvalue weighted by molar-refractivity contribution is -0.134. The number of carbonyl (C=O) groups is 1. The van der Waals surface area contributed by atoms with Gasteiger partial charge in [-0.05, 0) is 13.3 Å². The van der Waals surface area contributed by atoms with Gasteiger partial charge in [0.25, 0.3) is 0 Å². The van der Waals surface area contributed by atoms with Gasteiger partial charge in [-0.25, -0.2) is 0 Å². The van der Waals surface area contributed by atoms with Crippen molar-refractivity contribution in [1.82, 2.24) is 4.90 Å². The van der Waals surface area contributed by atoms with E-state index >= 15 is 0 Å². The van der Waals surface area contributed by atoms with Crippen molar-refractivity contribution in [2.24, 2.45) is 16.8 Å². The van der Waals surface area contributed by atoms with Crippen LogP contribution in [0.3, 0.4) is 0 Å². The standard InChI is InChI=1S/C11H23N3O2/c1-4-6-9(3)11(15)14(5-2)8-7-10(12)13-16/h9,16H,4-8H2,1-3H3,(H2,12,13). The molecular formula is C11H23N3O2. The monoisotopic (exact) mass is 229 g/mol. The Morgan fingerprint density at radius 1 is 1.50 bits per heavy atom. The molecular weight excluding hydrogens is 206 g/mol. The first-order valence-electron chi connectivity index (χ1n) is 5.81. The fourth-order valence-electron chi connectivity index (χ4n) is 1.59. The summed E-state index contributed by atoms with van der Waals surface area (Å²) in [6, 6.07) is 0. The summed E-state index contributed by atoms with van der Waals surface area (Å²) in [6.07, 6.45) is 2.32. The fourth-order valence-corrected chi connectivity index (χ4v) is 1.59. The summed E-state index contributed by atoms with van der Waals surface area (Å²) in [5, 5.41) is 11.3. The van der Waals surface area contributed by atoms with Gasteiger partial charge in [0.1, 0.15) is 5.84 Å². The highest BCUT2D eigenvalue weighted by Crippen LogP contribution is 2.09. The molecule has 0 aromatic carbocycles. The highest BCUT2D eigenvalue weighted by molar-refractivity contribution is 5.82. The first-order chi connectivity index (χ1) is 7.56. The van der Waals surface area contributed by atoms with E-state index in [0.717, 1.165) is 12.8 Å².